The highest BCUT2D eigenvalue weighted by molar-refractivity contribution is 7.86. The molecule has 0 spiro atoms. The summed E-state index contributed by atoms with van der Waals surface area (Å²) in [6.45, 7) is 11.0. The average Bonchev–Trinajstić information content (AvgIpc) is 3.25. The molecule has 2 aromatic heterocycles. The van der Waals surface area contributed by atoms with Gasteiger partial charge in [-0.1, -0.05) is 60.2 Å². The van der Waals surface area contributed by atoms with Crippen molar-refractivity contribution in [2.24, 2.45) is 0 Å². The Bertz CT molecular complexity index is 2560. The number of hydrogen-bond donors (Lipinski definition) is 1. The Hall–Kier alpha value is -6.04. The van der Waals surface area contributed by atoms with Gasteiger partial charge in [-0.3, -0.25) is 18.4 Å². The zero-order chi connectivity index (χ0) is 44.0. The van der Waals surface area contributed by atoms with E-state index in [-0.39, 0.29) is 62.5 Å². The third-order valence-corrected chi connectivity index (χ3v) is 11.8. The maximum atomic E-state index is 15.0. The summed E-state index contributed by atoms with van der Waals surface area (Å²) in [5.74, 6) is 0.253. The number of fused-ring (bicyclic) bond motifs is 2. The molecule has 1 saturated heterocycles. The zero-order valence-corrected chi connectivity index (χ0v) is 36.5. The van der Waals surface area contributed by atoms with E-state index in [2.05, 4.69) is 10.3 Å². The van der Waals surface area contributed by atoms with Crippen LogP contribution in [0.1, 0.15) is 56.3 Å². The number of pyridine rings is 1. The number of anilines is 4. The molecule has 0 aliphatic carbocycles. The fourth-order valence-electron chi connectivity index (χ4n) is 7.57. The molecule has 1 N–H and O–H groups in total. The number of rotatable bonds is 13. The van der Waals surface area contributed by atoms with Crippen LogP contribution in [0.25, 0.3) is 11.0 Å². The lowest BCUT2D eigenvalue weighted by Gasteiger charge is -2.39. The van der Waals surface area contributed by atoms with Gasteiger partial charge >= 0.3 is 12.2 Å². The molecule has 7 rings (SSSR count). The molecule has 0 bridgehead atoms. The van der Waals surface area contributed by atoms with Crippen molar-refractivity contribution in [3.8, 4) is 0 Å². The highest BCUT2D eigenvalue weighted by Crippen LogP contribution is 2.40. The maximum Gasteiger partial charge on any atom is 0.414 e. The van der Waals surface area contributed by atoms with Crippen molar-refractivity contribution in [2.75, 3.05) is 67.7 Å². The quantitative estimate of drug-likeness (QED) is 0.0938. The van der Waals surface area contributed by atoms with Crippen LogP contribution in [0.2, 0.25) is 0 Å². The van der Waals surface area contributed by atoms with Crippen molar-refractivity contribution in [1.29, 1.82) is 0 Å². The van der Waals surface area contributed by atoms with Crippen LogP contribution in [0.3, 0.4) is 0 Å². The second-order valence-electron chi connectivity index (χ2n) is 16.3. The van der Waals surface area contributed by atoms with Gasteiger partial charge in [0.05, 0.1) is 42.1 Å². The largest absolute Gasteiger partial charge is 0.444 e. The number of para-hydroxylation sites is 1. The van der Waals surface area contributed by atoms with E-state index in [1.54, 1.807) is 38.8 Å². The highest BCUT2D eigenvalue weighted by atomic mass is 32.2. The lowest BCUT2D eigenvalue weighted by molar-refractivity contribution is 0.0172. The van der Waals surface area contributed by atoms with Crippen LogP contribution >= 0.6 is 0 Å². The molecule has 0 radical (unpaired) electrons. The summed E-state index contributed by atoms with van der Waals surface area (Å²) in [6, 6.07) is 22.9. The van der Waals surface area contributed by atoms with Crippen LogP contribution in [0.5, 0.6) is 0 Å². The van der Waals surface area contributed by atoms with E-state index in [1.165, 1.54) is 12.1 Å². The molecular formula is C45H53N7O9S. The van der Waals surface area contributed by atoms with Gasteiger partial charge in [0.2, 0.25) is 5.95 Å². The minimum atomic E-state index is -3.91. The molecule has 0 saturated carbocycles. The number of carbonyl (C=O) groups excluding carboxylic acids is 2. The van der Waals surface area contributed by atoms with Crippen molar-refractivity contribution in [2.45, 2.75) is 70.6 Å². The van der Waals surface area contributed by atoms with Gasteiger partial charge in [-0.2, -0.15) is 13.4 Å². The lowest BCUT2D eigenvalue weighted by Crippen LogP contribution is -2.47. The Morgan fingerprint density at radius 2 is 1.66 bits per heavy atom. The summed E-state index contributed by atoms with van der Waals surface area (Å²) in [6.07, 6.45) is 1.96. The van der Waals surface area contributed by atoms with Crippen LogP contribution < -0.4 is 20.7 Å². The molecule has 17 heteroatoms. The monoisotopic (exact) mass is 867 g/mol. The van der Waals surface area contributed by atoms with Crippen LogP contribution in [-0.4, -0.2) is 98.2 Å². The Morgan fingerprint density at radius 3 is 2.42 bits per heavy atom. The summed E-state index contributed by atoms with van der Waals surface area (Å²) >= 11 is 0. The summed E-state index contributed by atoms with van der Waals surface area (Å²) in [5, 5.41) is 3.74. The Morgan fingerprint density at radius 1 is 0.887 bits per heavy atom. The van der Waals surface area contributed by atoms with Gasteiger partial charge in [0.1, 0.15) is 23.5 Å². The average molecular weight is 868 g/mol. The number of benzene rings is 3. The number of nitrogens with zero attached hydrogens (tertiary/aromatic N) is 6. The van der Waals surface area contributed by atoms with Gasteiger partial charge in [0, 0.05) is 44.3 Å². The van der Waals surface area contributed by atoms with Crippen molar-refractivity contribution in [1.82, 2.24) is 19.4 Å². The summed E-state index contributed by atoms with van der Waals surface area (Å²) in [4.78, 5) is 56.6. The molecule has 62 heavy (non-hydrogen) atoms. The van der Waals surface area contributed by atoms with E-state index in [4.69, 9.17) is 23.4 Å². The molecule has 4 heterocycles. The predicted molar refractivity (Wildman–Crippen MR) is 236 cm³/mol. The minimum Gasteiger partial charge on any atom is -0.444 e. The van der Waals surface area contributed by atoms with E-state index < -0.39 is 33.9 Å². The standard InChI is InChI=1S/C45H53N7O9S/c1-31-16-18-36(19-17-31)62(56,57)60-26-25-58-24-20-46-42-47-28-34-27-38(41(53)52(40(34)48-42)35-14-10-21-49(29-35)43(54)61-45(3,4)5)50-22-23-51(39-32(2)11-9-15-37(39)50)44(55)59-30-33-12-7-6-8-13-33/h6-9,11-13,15-19,27-28,35H,10,14,20-26,29-30H2,1-5H3,(H,46,47,48). The first-order chi connectivity index (χ1) is 29.7. The molecule has 1 atom stereocenters. The van der Waals surface area contributed by atoms with Crippen molar-refractivity contribution in [3.63, 3.8) is 0 Å². The first kappa shape index (κ1) is 44.0. The van der Waals surface area contributed by atoms with Gasteiger partial charge in [-0.15, -0.1) is 0 Å². The minimum absolute atomic E-state index is 0.0370. The third-order valence-electron chi connectivity index (χ3n) is 10.5. The number of amides is 2. The Balaban J connectivity index is 1.13. The number of aromatic nitrogens is 3. The molecule has 3 aromatic carbocycles. The second-order valence-corrected chi connectivity index (χ2v) is 17.9. The van der Waals surface area contributed by atoms with Gasteiger partial charge < -0.3 is 29.3 Å². The molecular weight excluding hydrogens is 815 g/mol. The first-order valence-electron chi connectivity index (χ1n) is 20.7. The molecule has 1 fully saturated rings. The number of piperidine rings is 1. The molecule has 1 unspecified atom stereocenters. The van der Waals surface area contributed by atoms with Gasteiger partial charge in [-0.05, 0) is 82.9 Å². The topological polar surface area (TPSA) is 175 Å². The lowest BCUT2D eigenvalue weighted by atomic mass is 10.0. The van der Waals surface area contributed by atoms with Gasteiger partial charge in [0.25, 0.3) is 15.7 Å². The molecule has 16 nitrogen and oxygen atoms in total. The number of likely N-dealkylation sites (tertiary alicyclic amines) is 1. The van der Waals surface area contributed by atoms with E-state index in [0.29, 0.717) is 54.0 Å². The number of nitrogens with one attached hydrogen (secondary N) is 1. The van der Waals surface area contributed by atoms with E-state index in [9.17, 15) is 18.0 Å². The van der Waals surface area contributed by atoms with Crippen LogP contribution in [-0.2, 0) is 35.1 Å². The van der Waals surface area contributed by atoms with Crippen LogP contribution in [0, 0.1) is 13.8 Å². The van der Waals surface area contributed by atoms with Crippen molar-refractivity contribution in [3.05, 3.63) is 112 Å². The molecule has 2 aliphatic rings. The van der Waals surface area contributed by atoms with Crippen molar-refractivity contribution < 1.29 is 36.4 Å². The molecule has 2 aliphatic heterocycles. The Kier molecular flexibility index (Phi) is 13.4. The molecule has 328 valence electrons. The third kappa shape index (κ3) is 10.3. The smallest absolute Gasteiger partial charge is 0.414 e. The maximum absolute atomic E-state index is 15.0. The van der Waals surface area contributed by atoms with E-state index >= 15 is 4.79 Å². The Labute approximate surface area is 361 Å². The second kappa shape index (κ2) is 18.9. The fourth-order valence-corrected chi connectivity index (χ4v) is 8.46. The molecule has 5 aromatic rings. The first-order valence-corrected chi connectivity index (χ1v) is 22.1. The summed E-state index contributed by atoms with van der Waals surface area (Å²) < 4.78 is 48.9. The van der Waals surface area contributed by atoms with Crippen LogP contribution in [0.15, 0.2) is 94.7 Å². The molecule has 2 amide bonds. The predicted octanol–water partition coefficient (Wildman–Crippen LogP) is 7.11. The fraction of sp³-hybridized carbons (Fsp3) is 0.400. The van der Waals surface area contributed by atoms with Crippen LogP contribution in [0.4, 0.5) is 32.6 Å². The summed E-state index contributed by atoms with van der Waals surface area (Å²) in [7, 11) is -3.91. The van der Waals surface area contributed by atoms with Gasteiger partial charge in [0.15, 0.2) is 0 Å². The number of ether oxygens (including phenoxy) is 3. The highest BCUT2D eigenvalue weighted by Gasteiger charge is 2.34. The van der Waals surface area contributed by atoms with Gasteiger partial charge in [-0.25, -0.2) is 14.6 Å². The zero-order valence-electron chi connectivity index (χ0n) is 35.7. The van der Waals surface area contributed by atoms with E-state index in [0.717, 1.165) is 16.7 Å². The normalized spacial score (nSPS) is 15.6. The number of aryl methyl sites for hydroxylation is 2. The number of hydrogen-bond acceptors (Lipinski definition) is 13. The number of carbonyl (C=O) groups is 2. The van der Waals surface area contributed by atoms with Crippen molar-refractivity contribution >= 4 is 56.3 Å². The SMILES string of the molecule is Cc1ccc(S(=O)(=O)OCCOCCNc2ncc3cc(N4CCN(C(=O)OCc5ccccc5)c5c(C)cccc54)c(=O)n(C4CCCN(C(=O)OC(C)(C)C)C4)c3n2)cc1. The van der Waals surface area contributed by atoms with E-state index in [1.807, 2.05) is 88.0 Å². The summed E-state index contributed by atoms with van der Waals surface area (Å²) in [5.41, 5.74) is 3.73.